The number of aromatic nitrogens is 1. The van der Waals surface area contributed by atoms with Crippen LogP contribution in [0.3, 0.4) is 0 Å². The molecule has 2 heterocycles. The molecule has 8 nitrogen and oxygen atoms in total. The number of thioether (sulfide) groups is 1. The van der Waals surface area contributed by atoms with Gasteiger partial charge in [-0.3, -0.25) is 9.59 Å². The van der Waals surface area contributed by atoms with Crippen LogP contribution in [0.4, 0.5) is 0 Å². The van der Waals surface area contributed by atoms with Crippen molar-refractivity contribution < 1.29 is 29.3 Å². The predicted molar refractivity (Wildman–Crippen MR) is 148 cm³/mol. The molecule has 0 spiro atoms. The summed E-state index contributed by atoms with van der Waals surface area (Å²) in [6.07, 6.45) is 1.40. The van der Waals surface area contributed by atoms with Crippen molar-refractivity contribution in [2.45, 2.75) is 62.9 Å². The fraction of sp³-hybridized carbons (Fsp3) is 0.367. The molecule has 1 aliphatic heterocycles. The van der Waals surface area contributed by atoms with Crippen molar-refractivity contribution in [3.05, 3.63) is 95.2 Å². The summed E-state index contributed by atoms with van der Waals surface area (Å²) in [6.45, 7) is 2.48. The van der Waals surface area contributed by atoms with Crippen LogP contribution in [0.2, 0.25) is 0 Å². The number of benzene rings is 2. The number of pyridine rings is 1. The summed E-state index contributed by atoms with van der Waals surface area (Å²) in [5.74, 6) is -0.276. The average molecular weight is 551 g/mol. The minimum absolute atomic E-state index is 0.00836. The molecule has 2 aromatic carbocycles. The first-order chi connectivity index (χ1) is 18.9. The highest BCUT2D eigenvalue weighted by atomic mass is 32.2. The quantitative estimate of drug-likeness (QED) is 0.269. The zero-order valence-corrected chi connectivity index (χ0v) is 22.7. The lowest BCUT2D eigenvalue weighted by Crippen LogP contribution is -2.38. The van der Waals surface area contributed by atoms with Gasteiger partial charge in [-0.05, 0) is 35.2 Å². The van der Waals surface area contributed by atoms with E-state index in [4.69, 9.17) is 14.6 Å². The SMILES string of the molecule is C[C@H]1[C@@H](CSc2ccccn2)O[C@@H](c2ccc(CNC(=O)CCCC(=O)O)cc2)O[C@H]1c1ccc(CO)cc1. The number of aliphatic carboxylic acids is 1. The number of carbonyl (C=O) groups is 2. The second-order valence-electron chi connectivity index (χ2n) is 9.57. The Balaban J connectivity index is 1.44. The molecule has 3 N–H and O–H groups in total. The molecule has 0 saturated carbocycles. The number of carboxylic acid groups (broad SMARTS) is 1. The molecule has 39 heavy (non-hydrogen) atoms. The number of rotatable bonds is 12. The zero-order chi connectivity index (χ0) is 27.6. The van der Waals surface area contributed by atoms with Gasteiger partial charge in [0.2, 0.25) is 5.91 Å². The van der Waals surface area contributed by atoms with Gasteiger partial charge in [0, 0.05) is 42.8 Å². The molecule has 0 bridgehead atoms. The van der Waals surface area contributed by atoms with Gasteiger partial charge in [0.1, 0.15) is 0 Å². The van der Waals surface area contributed by atoms with Gasteiger partial charge in [-0.15, -0.1) is 11.8 Å². The highest BCUT2D eigenvalue weighted by molar-refractivity contribution is 7.99. The Morgan fingerprint density at radius 2 is 1.67 bits per heavy atom. The first kappa shape index (κ1) is 28.8. The van der Waals surface area contributed by atoms with E-state index in [1.165, 1.54) is 0 Å². The van der Waals surface area contributed by atoms with Crippen LogP contribution in [0.5, 0.6) is 0 Å². The van der Waals surface area contributed by atoms with Crippen LogP contribution in [0.25, 0.3) is 0 Å². The van der Waals surface area contributed by atoms with Gasteiger partial charge in [-0.1, -0.05) is 61.5 Å². The van der Waals surface area contributed by atoms with E-state index in [1.54, 1.807) is 18.0 Å². The molecule has 1 saturated heterocycles. The summed E-state index contributed by atoms with van der Waals surface area (Å²) >= 11 is 1.65. The maximum atomic E-state index is 12.0. The number of hydrogen-bond acceptors (Lipinski definition) is 7. The molecule has 1 aromatic heterocycles. The molecule has 3 aromatic rings. The van der Waals surface area contributed by atoms with Crippen LogP contribution >= 0.6 is 11.8 Å². The second kappa shape index (κ2) is 14.2. The smallest absolute Gasteiger partial charge is 0.303 e. The van der Waals surface area contributed by atoms with E-state index in [9.17, 15) is 14.7 Å². The standard InChI is InChI=1S/C30H34N2O6S/c1-20-25(19-39-27-6-2-3-16-31-27)37-30(38-29(20)23-12-10-22(18-33)11-13-23)24-14-8-21(9-15-24)17-32-26(34)5-4-7-28(35)36/h2-3,6,8-16,20,25,29-30,33H,4-5,7,17-19H2,1H3,(H,32,34)(H,35,36)/t20-,25+,29+,30+/m0/s1. The first-order valence-electron chi connectivity index (χ1n) is 13.0. The normalized spacial score (nSPS) is 20.9. The van der Waals surface area contributed by atoms with E-state index >= 15 is 0 Å². The van der Waals surface area contributed by atoms with Crippen LogP contribution in [0.1, 0.15) is 60.8 Å². The summed E-state index contributed by atoms with van der Waals surface area (Å²) in [7, 11) is 0. The van der Waals surface area contributed by atoms with Crippen molar-refractivity contribution in [2.24, 2.45) is 5.92 Å². The molecular weight excluding hydrogens is 516 g/mol. The Labute approximate surface area is 232 Å². The molecule has 0 aliphatic carbocycles. The van der Waals surface area contributed by atoms with Crippen molar-refractivity contribution in [1.82, 2.24) is 10.3 Å². The molecule has 9 heteroatoms. The minimum atomic E-state index is -0.901. The van der Waals surface area contributed by atoms with Crippen molar-refractivity contribution in [2.75, 3.05) is 5.75 Å². The predicted octanol–water partition coefficient (Wildman–Crippen LogP) is 5.03. The molecule has 0 unspecified atom stereocenters. The minimum Gasteiger partial charge on any atom is -0.481 e. The lowest BCUT2D eigenvalue weighted by Gasteiger charge is -2.41. The Morgan fingerprint density at radius 3 is 2.33 bits per heavy atom. The monoisotopic (exact) mass is 550 g/mol. The second-order valence-corrected chi connectivity index (χ2v) is 10.6. The van der Waals surface area contributed by atoms with Crippen molar-refractivity contribution >= 4 is 23.6 Å². The summed E-state index contributed by atoms with van der Waals surface area (Å²) in [5.41, 5.74) is 3.68. The Kier molecular flexibility index (Phi) is 10.5. The average Bonchev–Trinajstić information content (AvgIpc) is 2.96. The van der Waals surface area contributed by atoms with E-state index in [0.29, 0.717) is 13.0 Å². The van der Waals surface area contributed by atoms with Gasteiger partial charge >= 0.3 is 5.97 Å². The third-order valence-electron chi connectivity index (χ3n) is 6.69. The van der Waals surface area contributed by atoms with Crippen molar-refractivity contribution in [3.8, 4) is 0 Å². The highest BCUT2D eigenvalue weighted by Crippen LogP contribution is 2.42. The van der Waals surface area contributed by atoms with Gasteiger partial charge in [-0.2, -0.15) is 0 Å². The van der Waals surface area contributed by atoms with E-state index in [2.05, 4.69) is 17.2 Å². The molecule has 206 valence electrons. The maximum absolute atomic E-state index is 12.0. The molecule has 1 amide bonds. The van der Waals surface area contributed by atoms with E-state index in [1.807, 2.05) is 66.7 Å². The molecule has 0 radical (unpaired) electrons. The largest absolute Gasteiger partial charge is 0.481 e. The molecule has 4 rings (SSSR count). The number of nitrogens with zero attached hydrogens (tertiary/aromatic N) is 1. The van der Waals surface area contributed by atoms with E-state index < -0.39 is 12.3 Å². The van der Waals surface area contributed by atoms with Crippen LogP contribution in [0.15, 0.2) is 78.0 Å². The van der Waals surface area contributed by atoms with Gasteiger partial charge in [0.25, 0.3) is 0 Å². The fourth-order valence-electron chi connectivity index (χ4n) is 4.39. The number of nitrogens with one attached hydrogen (secondary N) is 1. The molecule has 1 fully saturated rings. The maximum Gasteiger partial charge on any atom is 0.303 e. The van der Waals surface area contributed by atoms with Crippen molar-refractivity contribution in [1.29, 1.82) is 0 Å². The van der Waals surface area contributed by atoms with Crippen LogP contribution in [0, 0.1) is 5.92 Å². The number of ether oxygens (including phenoxy) is 2. The summed E-state index contributed by atoms with van der Waals surface area (Å²) in [6, 6.07) is 21.4. The van der Waals surface area contributed by atoms with E-state index in [0.717, 1.165) is 33.0 Å². The lowest BCUT2D eigenvalue weighted by molar-refractivity contribution is -0.268. The van der Waals surface area contributed by atoms with Crippen molar-refractivity contribution in [3.63, 3.8) is 0 Å². The van der Waals surface area contributed by atoms with Crippen LogP contribution in [-0.4, -0.2) is 38.9 Å². The van der Waals surface area contributed by atoms with Gasteiger partial charge < -0.3 is 25.0 Å². The topological polar surface area (TPSA) is 118 Å². The Morgan fingerprint density at radius 1 is 0.949 bits per heavy atom. The zero-order valence-electron chi connectivity index (χ0n) is 21.9. The Bertz CT molecular complexity index is 1210. The Hall–Kier alpha value is -3.24. The number of carbonyl (C=O) groups excluding carboxylic acids is 1. The lowest BCUT2D eigenvalue weighted by atomic mass is 9.91. The number of amides is 1. The van der Waals surface area contributed by atoms with Gasteiger partial charge in [0.05, 0.1) is 23.8 Å². The third kappa shape index (κ3) is 8.37. The van der Waals surface area contributed by atoms with Crippen LogP contribution < -0.4 is 5.32 Å². The summed E-state index contributed by atoms with van der Waals surface area (Å²) < 4.78 is 13.0. The first-order valence-corrected chi connectivity index (χ1v) is 14.0. The summed E-state index contributed by atoms with van der Waals surface area (Å²) in [5, 5.41) is 21.9. The van der Waals surface area contributed by atoms with E-state index in [-0.39, 0.29) is 43.5 Å². The number of carboxylic acids is 1. The molecular formula is C30H34N2O6S. The van der Waals surface area contributed by atoms with Gasteiger partial charge in [0.15, 0.2) is 6.29 Å². The fourth-order valence-corrected chi connectivity index (χ4v) is 5.42. The molecule has 1 aliphatic rings. The number of aliphatic hydroxyl groups excluding tert-OH is 1. The third-order valence-corrected chi connectivity index (χ3v) is 7.73. The summed E-state index contributed by atoms with van der Waals surface area (Å²) in [4.78, 5) is 27.0. The van der Waals surface area contributed by atoms with Gasteiger partial charge in [-0.25, -0.2) is 4.98 Å². The highest BCUT2D eigenvalue weighted by Gasteiger charge is 2.38. The molecule has 4 atom stereocenters. The van der Waals surface area contributed by atoms with Crippen LogP contribution in [-0.2, 0) is 32.2 Å². The number of hydrogen-bond donors (Lipinski definition) is 3. The number of aliphatic hydroxyl groups is 1.